The first-order valence-corrected chi connectivity index (χ1v) is 4.82. The average Bonchev–Trinajstić information content (AvgIpc) is 2.12. The molecule has 0 amide bonds. The molecule has 1 aromatic carbocycles. The number of aromatic nitrogens is 1. The van der Waals surface area contributed by atoms with Crippen LogP contribution in [0.1, 0.15) is 0 Å². The highest BCUT2D eigenvalue weighted by Crippen LogP contribution is 2.27. The minimum absolute atomic E-state index is 0.129. The summed E-state index contributed by atoms with van der Waals surface area (Å²) in [7, 11) is 0. The van der Waals surface area contributed by atoms with E-state index in [1.54, 1.807) is 12.3 Å². The summed E-state index contributed by atoms with van der Waals surface area (Å²) in [5.74, 6) is 0. The van der Waals surface area contributed by atoms with Crippen LogP contribution in [0.4, 0.5) is 0 Å². The van der Waals surface area contributed by atoms with Gasteiger partial charge < -0.3 is 4.98 Å². The number of aromatic amines is 1. The first-order valence-electron chi connectivity index (χ1n) is 3.65. The Hall–Kier alpha value is -0.800. The second-order valence-corrected chi connectivity index (χ2v) is 3.92. The van der Waals surface area contributed by atoms with Gasteiger partial charge in [0.15, 0.2) is 0 Å². The van der Waals surface area contributed by atoms with Crippen molar-refractivity contribution in [2.45, 2.75) is 0 Å². The van der Waals surface area contributed by atoms with Crippen molar-refractivity contribution in [2.75, 3.05) is 0 Å². The van der Waals surface area contributed by atoms with Crippen LogP contribution in [0.15, 0.2) is 33.7 Å². The fourth-order valence-corrected chi connectivity index (χ4v) is 1.87. The lowest BCUT2D eigenvalue weighted by Gasteiger charge is -2.00. The average molecular weight is 259 g/mol. The quantitative estimate of drug-likeness (QED) is 0.774. The third-order valence-electron chi connectivity index (χ3n) is 1.81. The van der Waals surface area contributed by atoms with Gasteiger partial charge in [-0.2, -0.15) is 0 Å². The molecule has 4 heteroatoms. The van der Waals surface area contributed by atoms with E-state index in [1.807, 2.05) is 6.07 Å². The van der Waals surface area contributed by atoms with Gasteiger partial charge in [-0.1, -0.05) is 27.5 Å². The van der Waals surface area contributed by atoms with Crippen LogP contribution in [-0.4, -0.2) is 4.98 Å². The Bertz CT molecular complexity index is 520. The molecule has 0 spiro atoms. The van der Waals surface area contributed by atoms with Crippen molar-refractivity contribution in [3.63, 3.8) is 0 Å². The first-order chi connectivity index (χ1) is 6.18. The fraction of sp³-hybridized carbons (Fsp3) is 0. The maximum atomic E-state index is 11.0. The van der Waals surface area contributed by atoms with Crippen molar-refractivity contribution in [1.82, 2.24) is 4.98 Å². The second-order valence-electron chi connectivity index (χ2n) is 2.65. The summed E-state index contributed by atoms with van der Waals surface area (Å²) in [4.78, 5) is 13.6. The Labute approximate surface area is 87.7 Å². The van der Waals surface area contributed by atoms with Crippen molar-refractivity contribution in [3.8, 4) is 0 Å². The van der Waals surface area contributed by atoms with Gasteiger partial charge in [0.05, 0.1) is 0 Å². The number of nitrogens with one attached hydrogen (secondary N) is 1. The zero-order valence-corrected chi connectivity index (χ0v) is 8.82. The third kappa shape index (κ3) is 1.49. The van der Waals surface area contributed by atoms with Gasteiger partial charge in [-0.25, -0.2) is 0 Å². The molecule has 2 aromatic rings. The van der Waals surface area contributed by atoms with Gasteiger partial charge in [0.2, 0.25) is 5.56 Å². The molecule has 0 bridgehead atoms. The number of hydrogen-bond donors (Lipinski definition) is 1. The molecule has 0 atom stereocenters. The first kappa shape index (κ1) is 8.78. The minimum Gasteiger partial charge on any atom is -0.328 e. The van der Waals surface area contributed by atoms with E-state index in [-0.39, 0.29) is 5.56 Å². The van der Waals surface area contributed by atoms with E-state index in [9.17, 15) is 4.79 Å². The molecule has 1 heterocycles. The molecular formula is C9H5BrClNO. The van der Waals surface area contributed by atoms with E-state index >= 15 is 0 Å². The summed E-state index contributed by atoms with van der Waals surface area (Å²) in [6, 6.07) is 5.13. The molecule has 0 fully saturated rings. The maximum Gasteiger partial charge on any atom is 0.248 e. The molecule has 0 saturated heterocycles. The molecule has 66 valence electrons. The van der Waals surface area contributed by atoms with E-state index in [1.165, 1.54) is 6.07 Å². The Kier molecular flexibility index (Phi) is 2.14. The van der Waals surface area contributed by atoms with Crippen LogP contribution in [0, 0.1) is 0 Å². The van der Waals surface area contributed by atoms with Crippen molar-refractivity contribution in [3.05, 3.63) is 44.2 Å². The SMILES string of the molecule is O=c1cc2c(Br)ccc(Cl)c2c[nH]1. The van der Waals surface area contributed by atoms with Crippen molar-refractivity contribution in [1.29, 1.82) is 0 Å². The molecule has 0 aliphatic heterocycles. The smallest absolute Gasteiger partial charge is 0.248 e. The van der Waals surface area contributed by atoms with Gasteiger partial charge in [-0.3, -0.25) is 4.79 Å². The Morgan fingerprint density at radius 1 is 1.31 bits per heavy atom. The number of benzene rings is 1. The maximum absolute atomic E-state index is 11.0. The molecule has 0 aliphatic carbocycles. The summed E-state index contributed by atoms with van der Waals surface area (Å²) >= 11 is 9.29. The lowest BCUT2D eigenvalue weighted by molar-refractivity contribution is 1.27. The molecule has 2 nitrogen and oxygen atoms in total. The predicted octanol–water partition coefficient (Wildman–Crippen LogP) is 2.94. The van der Waals surface area contributed by atoms with E-state index in [0.717, 1.165) is 15.2 Å². The van der Waals surface area contributed by atoms with E-state index in [0.29, 0.717) is 5.02 Å². The monoisotopic (exact) mass is 257 g/mol. The number of rotatable bonds is 0. The van der Waals surface area contributed by atoms with E-state index in [4.69, 9.17) is 11.6 Å². The van der Waals surface area contributed by atoms with Crippen molar-refractivity contribution < 1.29 is 0 Å². The normalized spacial score (nSPS) is 10.6. The highest BCUT2D eigenvalue weighted by Gasteiger charge is 2.02. The zero-order valence-electron chi connectivity index (χ0n) is 6.47. The number of pyridine rings is 1. The lowest BCUT2D eigenvalue weighted by Crippen LogP contribution is -2.01. The van der Waals surface area contributed by atoms with Gasteiger partial charge in [0.1, 0.15) is 0 Å². The topological polar surface area (TPSA) is 32.9 Å². The second kappa shape index (κ2) is 3.16. The number of H-pyrrole nitrogens is 1. The summed E-state index contributed by atoms with van der Waals surface area (Å²) in [5.41, 5.74) is -0.129. The Balaban J connectivity index is 3.00. The van der Waals surface area contributed by atoms with Crippen molar-refractivity contribution in [2.24, 2.45) is 0 Å². The summed E-state index contributed by atoms with van der Waals surface area (Å²) < 4.78 is 0.873. The molecule has 1 aromatic heterocycles. The molecule has 0 radical (unpaired) electrons. The van der Waals surface area contributed by atoms with E-state index < -0.39 is 0 Å². The predicted molar refractivity (Wildman–Crippen MR) is 57.3 cm³/mol. The summed E-state index contributed by atoms with van der Waals surface area (Å²) in [5, 5.41) is 2.31. The third-order valence-corrected chi connectivity index (χ3v) is 2.84. The van der Waals surface area contributed by atoms with Crippen LogP contribution >= 0.6 is 27.5 Å². The largest absolute Gasteiger partial charge is 0.328 e. The van der Waals surface area contributed by atoms with Gasteiger partial charge in [-0.05, 0) is 12.1 Å². The lowest BCUT2D eigenvalue weighted by atomic mass is 10.2. The van der Waals surface area contributed by atoms with Crippen LogP contribution in [0.3, 0.4) is 0 Å². The van der Waals surface area contributed by atoms with Crippen molar-refractivity contribution >= 4 is 38.3 Å². The number of hydrogen-bond acceptors (Lipinski definition) is 1. The molecular weight excluding hydrogens is 253 g/mol. The van der Waals surface area contributed by atoms with Gasteiger partial charge in [0.25, 0.3) is 0 Å². The number of fused-ring (bicyclic) bond motifs is 1. The highest BCUT2D eigenvalue weighted by molar-refractivity contribution is 9.10. The molecule has 0 unspecified atom stereocenters. The molecule has 0 saturated carbocycles. The van der Waals surface area contributed by atoms with Crippen LogP contribution < -0.4 is 5.56 Å². The van der Waals surface area contributed by atoms with Gasteiger partial charge in [-0.15, -0.1) is 0 Å². The fourth-order valence-electron chi connectivity index (χ4n) is 1.19. The minimum atomic E-state index is -0.129. The standard InChI is InChI=1S/C9H5BrClNO/c10-7-1-2-8(11)6-4-12-9(13)3-5(6)7/h1-4H,(H,12,13). The summed E-state index contributed by atoms with van der Waals surface area (Å²) in [6.45, 7) is 0. The molecule has 1 N–H and O–H groups in total. The molecule has 2 rings (SSSR count). The van der Waals surface area contributed by atoms with Gasteiger partial charge >= 0.3 is 0 Å². The van der Waals surface area contributed by atoms with Gasteiger partial charge in [0, 0.05) is 32.5 Å². The number of halogens is 2. The molecule has 13 heavy (non-hydrogen) atoms. The Morgan fingerprint density at radius 3 is 2.85 bits per heavy atom. The molecule has 0 aliphatic rings. The Morgan fingerprint density at radius 2 is 2.08 bits per heavy atom. The van der Waals surface area contributed by atoms with Crippen LogP contribution in [-0.2, 0) is 0 Å². The van der Waals surface area contributed by atoms with E-state index in [2.05, 4.69) is 20.9 Å². The van der Waals surface area contributed by atoms with Crippen LogP contribution in [0.5, 0.6) is 0 Å². The van der Waals surface area contributed by atoms with Crippen LogP contribution in [0.2, 0.25) is 5.02 Å². The highest BCUT2D eigenvalue weighted by atomic mass is 79.9. The summed E-state index contributed by atoms with van der Waals surface area (Å²) in [6.07, 6.45) is 1.62. The zero-order chi connectivity index (χ0) is 9.42. The van der Waals surface area contributed by atoms with Crippen LogP contribution in [0.25, 0.3) is 10.8 Å².